The molecule has 2 atom stereocenters. The van der Waals surface area contributed by atoms with Crippen molar-refractivity contribution in [3.05, 3.63) is 0 Å². The van der Waals surface area contributed by atoms with Crippen LogP contribution in [0.5, 0.6) is 0 Å². The van der Waals surface area contributed by atoms with E-state index in [1.807, 2.05) is 6.92 Å². The quantitative estimate of drug-likeness (QED) is 0.631. The number of rotatable bonds is 6. The molecule has 0 aliphatic carbocycles. The highest BCUT2D eigenvalue weighted by molar-refractivity contribution is 4.81. The molecule has 76 valence electrons. The van der Waals surface area contributed by atoms with Crippen molar-refractivity contribution in [3.63, 3.8) is 0 Å². The van der Waals surface area contributed by atoms with Crippen LogP contribution in [0.1, 0.15) is 34.1 Å². The van der Waals surface area contributed by atoms with E-state index in [2.05, 4.69) is 31.7 Å². The van der Waals surface area contributed by atoms with Crippen molar-refractivity contribution in [1.29, 1.82) is 5.26 Å². The Morgan fingerprint density at radius 2 is 1.85 bits per heavy atom. The summed E-state index contributed by atoms with van der Waals surface area (Å²) in [6, 6.07) is 2.28. The normalized spacial score (nSPS) is 15.4. The van der Waals surface area contributed by atoms with Gasteiger partial charge in [-0.05, 0) is 19.4 Å². The van der Waals surface area contributed by atoms with Crippen LogP contribution in [0.15, 0.2) is 0 Å². The summed E-state index contributed by atoms with van der Waals surface area (Å²) in [5.41, 5.74) is 0. The summed E-state index contributed by atoms with van der Waals surface area (Å²) in [7, 11) is 0. The Balaban J connectivity index is 3.83. The van der Waals surface area contributed by atoms with Crippen LogP contribution in [0.25, 0.3) is 0 Å². The highest BCUT2D eigenvalue weighted by Gasteiger charge is 2.10. The molecule has 0 aromatic carbocycles. The van der Waals surface area contributed by atoms with Crippen molar-refractivity contribution in [1.82, 2.24) is 4.90 Å². The van der Waals surface area contributed by atoms with Gasteiger partial charge in [0.25, 0.3) is 0 Å². The molecule has 0 N–H and O–H groups in total. The molecule has 0 aliphatic heterocycles. The Morgan fingerprint density at radius 3 is 2.23 bits per heavy atom. The lowest BCUT2D eigenvalue weighted by molar-refractivity contribution is 0.231. The van der Waals surface area contributed by atoms with Gasteiger partial charge >= 0.3 is 0 Å². The number of hydrogen-bond acceptors (Lipinski definition) is 2. The summed E-state index contributed by atoms with van der Waals surface area (Å²) in [6.45, 7) is 11.7. The van der Waals surface area contributed by atoms with Crippen LogP contribution in [0.3, 0.4) is 0 Å². The number of hydrogen-bond donors (Lipinski definition) is 0. The van der Waals surface area contributed by atoms with Crippen molar-refractivity contribution in [3.8, 4) is 6.07 Å². The van der Waals surface area contributed by atoms with Crippen LogP contribution in [0.2, 0.25) is 0 Å². The minimum absolute atomic E-state index is 0.156. The molecule has 0 bridgehead atoms. The second-order valence-electron chi connectivity index (χ2n) is 3.90. The molecule has 0 fully saturated rings. The van der Waals surface area contributed by atoms with Crippen molar-refractivity contribution in [2.24, 2.45) is 11.8 Å². The molecule has 0 amide bonds. The predicted octanol–water partition coefficient (Wildman–Crippen LogP) is 2.51. The molecule has 0 aromatic rings. The van der Waals surface area contributed by atoms with Gasteiger partial charge in [-0.25, -0.2) is 0 Å². The van der Waals surface area contributed by atoms with Gasteiger partial charge < -0.3 is 4.90 Å². The molecule has 0 aliphatic rings. The lowest BCUT2D eigenvalue weighted by Gasteiger charge is -2.24. The first-order chi connectivity index (χ1) is 6.13. The van der Waals surface area contributed by atoms with Crippen LogP contribution >= 0.6 is 0 Å². The first kappa shape index (κ1) is 12.4. The van der Waals surface area contributed by atoms with Crippen molar-refractivity contribution in [2.45, 2.75) is 34.1 Å². The zero-order chi connectivity index (χ0) is 10.3. The Labute approximate surface area is 82.5 Å². The lowest BCUT2D eigenvalue weighted by Crippen LogP contribution is -2.32. The smallest absolute Gasteiger partial charge is 0.0666 e. The first-order valence-electron chi connectivity index (χ1n) is 5.25. The third kappa shape index (κ3) is 5.65. The summed E-state index contributed by atoms with van der Waals surface area (Å²) >= 11 is 0. The summed E-state index contributed by atoms with van der Waals surface area (Å²) in [4.78, 5) is 2.36. The summed E-state index contributed by atoms with van der Waals surface area (Å²) in [6.07, 6.45) is 1.22. The summed E-state index contributed by atoms with van der Waals surface area (Å²) < 4.78 is 0. The van der Waals surface area contributed by atoms with Crippen LogP contribution in [0.4, 0.5) is 0 Å². The molecule has 0 aromatic heterocycles. The Bertz CT molecular complexity index is 160. The highest BCUT2D eigenvalue weighted by Crippen LogP contribution is 2.06. The summed E-state index contributed by atoms with van der Waals surface area (Å²) in [5, 5.41) is 8.69. The number of nitrogens with zero attached hydrogens (tertiary/aromatic N) is 2. The molecule has 0 radical (unpaired) electrons. The molecular weight excluding hydrogens is 160 g/mol. The fourth-order valence-corrected chi connectivity index (χ4v) is 1.33. The third-order valence-electron chi connectivity index (χ3n) is 2.47. The fraction of sp³-hybridized carbons (Fsp3) is 0.909. The zero-order valence-corrected chi connectivity index (χ0v) is 9.38. The Hall–Kier alpha value is -0.550. The van der Waals surface area contributed by atoms with E-state index in [0.717, 1.165) is 25.6 Å². The second-order valence-corrected chi connectivity index (χ2v) is 3.90. The van der Waals surface area contributed by atoms with E-state index in [0.29, 0.717) is 0 Å². The van der Waals surface area contributed by atoms with Gasteiger partial charge in [0.1, 0.15) is 0 Å². The maximum Gasteiger partial charge on any atom is 0.0666 e. The van der Waals surface area contributed by atoms with Gasteiger partial charge in [0.15, 0.2) is 0 Å². The maximum atomic E-state index is 8.69. The van der Waals surface area contributed by atoms with Crippen molar-refractivity contribution < 1.29 is 0 Å². The first-order valence-corrected chi connectivity index (χ1v) is 5.25. The van der Waals surface area contributed by atoms with Gasteiger partial charge in [-0.2, -0.15) is 5.26 Å². The molecule has 0 rings (SSSR count). The van der Waals surface area contributed by atoms with E-state index >= 15 is 0 Å². The van der Waals surface area contributed by atoms with Crippen LogP contribution in [0, 0.1) is 23.2 Å². The van der Waals surface area contributed by atoms with E-state index in [9.17, 15) is 0 Å². The largest absolute Gasteiger partial charge is 0.302 e. The summed E-state index contributed by atoms with van der Waals surface area (Å²) in [5.74, 6) is 0.898. The standard InChI is InChI=1S/C11H22N2/c1-5-10(3)8-13(6-2)9-11(4)7-12/h10-11H,5-6,8-9H2,1-4H3. The van der Waals surface area contributed by atoms with Gasteiger partial charge in [0, 0.05) is 13.1 Å². The molecule has 13 heavy (non-hydrogen) atoms. The van der Waals surface area contributed by atoms with E-state index in [1.165, 1.54) is 6.42 Å². The molecule has 0 saturated carbocycles. The van der Waals surface area contributed by atoms with E-state index in [-0.39, 0.29) is 5.92 Å². The molecule has 0 heterocycles. The van der Waals surface area contributed by atoms with Crippen LogP contribution < -0.4 is 0 Å². The number of nitriles is 1. The molecule has 2 unspecified atom stereocenters. The van der Waals surface area contributed by atoms with Crippen molar-refractivity contribution >= 4 is 0 Å². The monoisotopic (exact) mass is 182 g/mol. The predicted molar refractivity (Wildman–Crippen MR) is 56.3 cm³/mol. The molecule has 2 nitrogen and oxygen atoms in total. The van der Waals surface area contributed by atoms with Gasteiger partial charge in [-0.3, -0.25) is 0 Å². The average Bonchev–Trinajstić information content (AvgIpc) is 2.16. The molecular formula is C11H22N2. The molecule has 0 spiro atoms. The fourth-order valence-electron chi connectivity index (χ4n) is 1.33. The Kier molecular flexibility index (Phi) is 6.62. The topological polar surface area (TPSA) is 27.0 Å². The van der Waals surface area contributed by atoms with Crippen LogP contribution in [-0.4, -0.2) is 24.5 Å². The van der Waals surface area contributed by atoms with Gasteiger partial charge in [0.05, 0.1) is 12.0 Å². The highest BCUT2D eigenvalue weighted by atomic mass is 15.1. The van der Waals surface area contributed by atoms with E-state index in [4.69, 9.17) is 5.26 Å². The molecule has 2 heteroatoms. The second kappa shape index (κ2) is 6.91. The SMILES string of the molecule is CCC(C)CN(CC)CC(C)C#N. The lowest BCUT2D eigenvalue weighted by atomic mass is 10.1. The van der Waals surface area contributed by atoms with Gasteiger partial charge in [-0.1, -0.05) is 27.2 Å². The van der Waals surface area contributed by atoms with Gasteiger partial charge in [0.2, 0.25) is 0 Å². The van der Waals surface area contributed by atoms with Crippen LogP contribution in [-0.2, 0) is 0 Å². The van der Waals surface area contributed by atoms with Gasteiger partial charge in [-0.15, -0.1) is 0 Å². The minimum Gasteiger partial charge on any atom is -0.302 e. The Morgan fingerprint density at radius 1 is 1.23 bits per heavy atom. The molecule has 0 saturated heterocycles. The van der Waals surface area contributed by atoms with Crippen molar-refractivity contribution in [2.75, 3.05) is 19.6 Å². The third-order valence-corrected chi connectivity index (χ3v) is 2.47. The minimum atomic E-state index is 0.156. The zero-order valence-electron chi connectivity index (χ0n) is 9.38. The average molecular weight is 182 g/mol. The van der Waals surface area contributed by atoms with E-state index < -0.39 is 0 Å². The maximum absolute atomic E-state index is 8.69. The van der Waals surface area contributed by atoms with E-state index in [1.54, 1.807) is 0 Å².